The second-order valence-electron chi connectivity index (χ2n) is 3.17. The Morgan fingerprint density at radius 3 is 2.89 bits per heavy atom. The Labute approximate surface area is 104 Å². The number of hydrazine groups is 1. The van der Waals surface area contributed by atoms with Crippen LogP contribution in [-0.4, -0.2) is 23.5 Å². The molecule has 0 atom stereocenters. The van der Waals surface area contributed by atoms with Gasteiger partial charge in [0.1, 0.15) is 5.82 Å². The van der Waals surface area contributed by atoms with Crippen LogP contribution in [0.15, 0.2) is 36.4 Å². The lowest BCUT2D eigenvalue weighted by Crippen LogP contribution is -2.39. The van der Waals surface area contributed by atoms with Gasteiger partial charge in [0.15, 0.2) is 0 Å². The zero-order valence-electron chi connectivity index (χ0n) is 9.84. The van der Waals surface area contributed by atoms with Gasteiger partial charge in [-0.2, -0.15) is 0 Å². The van der Waals surface area contributed by atoms with Crippen molar-refractivity contribution >= 4 is 11.9 Å². The van der Waals surface area contributed by atoms with Gasteiger partial charge in [0.2, 0.25) is 0 Å². The molecular formula is C11H14N4O3. The van der Waals surface area contributed by atoms with Crippen molar-refractivity contribution in [2.45, 2.75) is 6.92 Å². The van der Waals surface area contributed by atoms with Gasteiger partial charge in [-0.15, -0.1) is 0 Å². The molecule has 1 amide bonds. The largest absolute Gasteiger partial charge is 0.463 e. The van der Waals surface area contributed by atoms with E-state index in [1.165, 1.54) is 6.20 Å². The van der Waals surface area contributed by atoms with Gasteiger partial charge in [-0.1, -0.05) is 0 Å². The molecule has 4 N–H and O–H groups in total. The summed E-state index contributed by atoms with van der Waals surface area (Å²) in [5.74, 6) is -1.02. The summed E-state index contributed by atoms with van der Waals surface area (Å²) in [5, 5.41) is 0. The molecule has 7 heteroatoms. The smallest absolute Gasteiger partial charge is 0.334 e. The topological polar surface area (TPSA) is 106 Å². The Hall–Kier alpha value is -2.57. The van der Waals surface area contributed by atoms with Gasteiger partial charge in [-0.25, -0.2) is 4.79 Å². The Balaban J connectivity index is 2.46. The molecule has 1 aromatic rings. The number of rotatable bonds is 5. The van der Waals surface area contributed by atoms with Crippen molar-refractivity contribution in [3.05, 3.63) is 42.0 Å². The van der Waals surface area contributed by atoms with E-state index in [2.05, 4.69) is 20.6 Å². The predicted molar refractivity (Wildman–Crippen MR) is 63.7 cm³/mol. The van der Waals surface area contributed by atoms with Crippen molar-refractivity contribution in [3.63, 3.8) is 0 Å². The average molecular weight is 250 g/mol. The molecule has 0 aliphatic heterocycles. The molecule has 96 valence electrons. The number of nitrogens with one attached hydrogen (secondary N) is 2. The Morgan fingerprint density at radius 1 is 1.50 bits per heavy atom. The molecule has 0 radical (unpaired) electrons. The Bertz CT molecular complexity index is 445. The maximum absolute atomic E-state index is 11.5. The van der Waals surface area contributed by atoms with Crippen LogP contribution in [0.2, 0.25) is 0 Å². The molecule has 0 aliphatic carbocycles. The van der Waals surface area contributed by atoms with E-state index in [1.54, 1.807) is 25.3 Å². The number of aromatic nitrogens is 1. The highest BCUT2D eigenvalue weighted by Crippen LogP contribution is 1.94. The van der Waals surface area contributed by atoms with E-state index in [0.717, 1.165) is 6.08 Å². The zero-order valence-corrected chi connectivity index (χ0v) is 9.84. The molecule has 18 heavy (non-hydrogen) atoms. The normalized spacial score (nSPS) is 10.6. The molecule has 0 fully saturated rings. The summed E-state index contributed by atoms with van der Waals surface area (Å²) in [6, 6.07) is 3.22. The van der Waals surface area contributed by atoms with Gasteiger partial charge < -0.3 is 10.5 Å². The minimum absolute atomic E-state index is 0.0225. The first kappa shape index (κ1) is 13.5. The van der Waals surface area contributed by atoms with Crippen LogP contribution in [0.5, 0.6) is 0 Å². The number of hydrogen-bond donors (Lipinski definition) is 3. The van der Waals surface area contributed by atoms with Gasteiger partial charge in [0, 0.05) is 12.4 Å². The van der Waals surface area contributed by atoms with E-state index in [4.69, 9.17) is 5.73 Å². The number of nitrogens with two attached hydrogens (primary N) is 1. The van der Waals surface area contributed by atoms with Crippen molar-refractivity contribution < 1.29 is 14.3 Å². The number of hydrogen-bond acceptors (Lipinski definition) is 6. The quantitative estimate of drug-likeness (QED) is 0.375. The maximum Gasteiger partial charge on any atom is 0.334 e. The van der Waals surface area contributed by atoms with E-state index in [9.17, 15) is 9.59 Å². The minimum Gasteiger partial charge on any atom is -0.463 e. The van der Waals surface area contributed by atoms with Crippen LogP contribution in [0.25, 0.3) is 0 Å². The van der Waals surface area contributed by atoms with E-state index in [-0.39, 0.29) is 12.4 Å². The predicted octanol–water partition coefficient (Wildman–Crippen LogP) is -0.321. The number of esters is 1. The number of carbonyl (C=O) groups is 2. The van der Waals surface area contributed by atoms with Crippen LogP contribution in [0, 0.1) is 0 Å². The monoisotopic (exact) mass is 250 g/mol. The number of nitrogens with zero attached hydrogens (tertiary/aromatic N) is 1. The summed E-state index contributed by atoms with van der Waals surface area (Å²) in [7, 11) is 0. The standard InChI is InChI=1S/C11H14N4O3/c1-2-18-10(16)6-9(12)14-15-11(17)8-4-3-5-13-7-8/h3-7,14H,2,12H2,1H3,(H,15,17)/b9-6-. The fourth-order valence-electron chi connectivity index (χ4n) is 1.05. The van der Waals surface area contributed by atoms with E-state index in [0.29, 0.717) is 5.56 Å². The summed E-state index contributed by atoms with van der Waals surface area (Å²) in [5.41, 5.74) is 10.5. The minimum atomic E-state index is -0.585. The molecule has 0 aromatic carbocycles. The summed E-state index contributed by atoms with van der Waals surface area (Å²) in [4.78, 5) is 26.4. The molecular weight excluding hydrogens is 236 g/mol. The molecule has 1 aromatic heterocycles. The fraction of sp³-hybridized carbons (Fsp3) is 0.182. The van der Waals surface area contributed by atoms with Crippen LogP contribution in [0.4, 0.5) is 0 Å². The van der Waals surface area contributed by atoms with E-state index in [1.807, 2.05) is 0 Å². The lowest BCUT2D eigenvalue weighted by molar-refractivity contribution is -0.137. The van der Waals surface area contributed by atoms with Gasteiger partial charge in [-0.05, 0) is 19.1 Å². The fourth-order valence-corrected chi connectivity index (χ4v) is 1.05. The average Bonchev–Trinajstić information content (AvgIpc) is 2.37. The lowest BCUT2D eigenvalue weighted by Gasteiger charge is -2.07. The van der Waals surface area contributed by atoms with Gasteiger partial charge >= 0.3 is 5.97 Å². The molecule has 0 saturated carbocycles. The summed E-state index contributed by atoms with van der Waals surface area (Å²) >= 11 is 0. The Morgan fingerprint density at radius 2 is 2.28 bits per heavy atom. The van der Waals surface area contributed by atoms with Crippen LogP contribution in [0.1, 0.15) is 17.3 Å². The molecule has 0 unspecified atom stereocenters. The highest BCUT2D eigenvalue weighted by molar-refractivity contribution is 5.93. The SMILES string of the molecule is CCOC(=O)/C=C(/N)NNC(=O)c1cccnc1. The van der Waals surface area contributed by atoms with E-state index >= 15 is 0 Å². The second kappa shape index (κ2) is 6.89. The van der Waals surface area contributed by atoms with Crippen molar-refractivity contribution in [2.75, 3.05) is 6.61 Å². The third-order valence-electron chi connectivity index (χ3n) is 1.80. The van der Waals surface area contributed by atoms with Crippen molar-refractivity contribution in [3.8, 4) is 0 Å². The van der Waals surface area contributed by atoms with Crippen LogP contribution >= 0.6 is 0 Å². The van der Waals surface area contributed by atoms with Crippen molar-refractivity contribution in [1.29, 1.82) is 0 Å². The number of ether oxygens (including phenoxy) is 1. The summed E-state index contributed by atoms with van der Waals surface area (Å²) < 4.78 is 4.65. The first-order chi connectivity index (χ1) is 8.63. The first-order valence-electron chi connectivity index (χ1n) is 5.23. The molecule has 7 nitrogen and oxygen atoms in total. The van der Waals surface area contributed by atoms with Crippen LogP contribution < -0.4 is 16.6 Å². The zero-order chi connectivity index (χ0) is 13.4. The van der Waals surface area contributed by atoms with Crippen LogP contribution in [0.3, 0.4) is 0 Å². The maximum atomic E-state index is 11.5. The van der Waals surface area contributed by atoms with Gasteiger partial charge in [0.25, 0.3) is 5.91 Å². The molecule has 0 aliphatic rings. The summed E-state index contributed by atoms with van der Waals surface area (Å²) in [6.07, 6.45) is 3.99. The van der Waals surface area contributed by atoms with Crippen molar-refractivity contribution in [2.24, 2.45) is 5.73 Å². The van der Waals surface area contributed by atoms with E-state index < -0.39 is 11.9 Å². The van der Waals surface area contributed by atoms with Gasteiger partial charge in [0.05, 0.1) is 18.2 Å². The molecule has 1 heterocycles. The summed E-state index contributed by atoms with van der Waals surface area (Å²) in [6.45, 7) is 1.93. The molecule has 1 rings (SSSR count). The Kier molecular flexibility index (Phi) is 5.17. The molecule has 0 bridgehead atoms. The molecule has 0 saturated heterocycles. The van der Waals surface area contributed by atoms with Gasteiger partial charge in [-0.3, -0.25) is 20.6 Å². The number of pyridine rings is 1. The van der Waals surface area contributed by atoms with Crippen molar-refractivity contribution in [1.82, 2.24) is 15.8 Å². The number of carbonyl (C=O) groups excluding carboxylic acids is 2. The number of amides is 1. The third-order valence-corrected chi connectivity index (χ3v) is 1.80. The second-order valence-corrected chi connectivity index (χ2v) is 3.17. The van der Waals surface area contributed by atoms with Crippen LogP contribution in [-0.2, 0) is 9.53 Å². The lowest BCUT2D eigenvalue weighted by atomic mass is 10.3. The highest BCUT2D eigenvalue weighted by atomic mass is 16.5. The first-order valence-corrected chi connectivity index (χ1v) is 5.23. The molecule has 0 spiro atoms. The highest BCUT2D eigenvalue weighted by Gasteiger charge is 2.04. The third kappa shape index (κ3) is 4.52.